The average molecular weight is 278 g/mol. The number of carboxylic acids is 1. The fourth-order valence-corrected chi connectivity index (χ4v) is 1.77. The molecule has 7 heteroatoms. The van der Waals surface area contributed by atoms with Crippen molar-refractivity contribution in [3.05, 3.63) is 0 Å². The van der Waals surface area contributed by atoms with Crippen LogP contribution < -0.4 is 10.6 Å². The molecule has 0 bridgehead atoms. The van der Waals surface area contributed by atoms with Gasteiger partial charge < -0.3 is 20.5 Å². The number of carboxylic acid groups (broad SMARTS) is 1. The maximum Gasteiger partial charge on any atom is 0.314 e. The lowest BCUT2D eigenvalue weighted by molar-refractivity contribution is -0.139. The Hall–Kier alpha value is -0.950. The first kappa shape index (κ1) is 17.1. The molecule has 1 atom stereocenters. The second-order valence-electron chi connectivity index (χ2n) is 3.79. The molecule has 0 aromatic carbocycles. The van der Waals surface area contributed by atoms with Gasteiger partial charge in [-0.25, -0.2) is 4.79 Å². The molecule has 0 spiro atoms. The van der Waals surface area contributed by atoms with Crippen LogP contribution in [0.15, 0.2) is 0 Å². The quantitative estimate of drug-likeness (QED) is 0.517. The summed E-state index contributed by atoms with van der Waals surface area (Å²) in [4.78, 5) is 21.8. The van der Waals surface area contributed by atoms with E-state index in [1.165, 1.54) is 7.11 Å². The standard InChI is InChI=1S/C11H22N2O4S/c1-17-9(7-10(14)15)8-13-11(16)12-5-3-4-6-18-2/h9H,3-8H2,1-2H3,(H,14,15)(H2,12,13,16). The SMILES string of the molecule is COC(CNC(=O)NCCCCSC)CC(=O)O. The van der Waals surface area contributed by atoms with Gasteiger partial charge in [0.15, 0.2) is 0 Å². The zero-order chi connectivity index (χ0) is 13.8. The largest absolute Gasteiger partial charge is 0.481 e. The number of hydrogen-bond acceptors (Lipinski definition) is 4. The minimum atomic E-state index is -0.943. The van der Waals surface area contributed by atoms with Crippen LogP contribution >= 0.6 is 11.8 Å². The highest BCUT2D eigenvalue weighted by molar-refractivity contribution is 7.98. The molecule has 0 aliphatic heterocycles. The van der Waals surface area contributed by atoms with Crippen molar-refractivity contribution in [1.82, 2.24) is 10.6 Å². The molecule has 0 aromatic heterocycles. The fraction of sp³-hybridized carbons (Fsp3) is 0.818. The first-order chi connectivity index (χ1) is 8.60. The van der Waals surface area contributed by atoms with Crippen LogP contribution in [0.5, 0.6) is 0 Å². The van der Waals surface area contributed by atoms with Crippen LogP contribution in [-0.2, 0) is 9.53 Å². The number of rotatable bonds is 10. The molecule has 0 aromatic rings. The average Bonchev–Trinajstić information content (AvgIpc) is 2.33. The van der Waals surface area contributed by atoms with Gasteiger partial charge in [0.05, 0.1) is 12.5 Å². The first-order valence-electron chi connectivity index (χ1n) is 5.85. The topological polar surface area (TPSA) is 87.7 Å². The first-order valence-corrected chi connectivity index (χ1v) is 7.24. The summed E-state index contributed by atoms with van der Waals surface area (Å²) in [7, 11) is 1.43. The number of ether oxygens (including phenoxy) is 1. The third-order valence-electron chi connectivity index (χ3n) is 2.29. The number of hydrogen-bond donors (Lipinski definition) is 3. The number of thioether (sulfide) groups is 1. The van der Waals surface area contributed by atoms with Gasteiger partial charge >= 0.3 is 12.0 Å². The zero-order valence-corrected chi connectivity index (χ0v) is 11.7. The molecule has 18 heavy (non-hydrogen) atoms. The maximum absolute atomic E-state index is 11.4. The molecular weight excluding hydrogens is 256 g/mol. The van der Waals surface area contributed by atoms with E-state index in [4.69, 9.17) is 9.84 Å². The van der Waals surface area contributed by atoms with Gasteiger partial charge in [0.2, 0.25) is 0 Å². The Labute approximate surface area is 112 Å². The number of unbranched alkanes of at least 4 members (excludes halogenated alkanes) is 1. The molecule has 106 valence electrons. The van der Waals surface area contributed by atoms with E-state index < -0.39 is 12.1 Å². The van der Waals surface area contributed by atoms with Crippen molar-refractivity contribution in [2.24, 2.45) is 0 Å². The smallest absolute Gasteiger partial charge is 0.314 e. The molecule has 0 aliphatic rings. The van der Waals surface area contributed by atoms with Crippen LogP contribution in [0, 0.1) is 0 Å². The fourth-order valence-electron chi connectivity index (χ4n) is 1.28. The van der Waals surface area contributed by atoms with E-state index in [-0.39, 0.29) is 19.0 Å². The summed E-state index contributed by atoms with van der Waals surface area (Å²) >= 11 is 1.78. The number of urea groups is 1. The molecule has 0 fully saturated rings. The number of carbonyl (C=O) groups excluding carboxylic acids is 1. The third-order valence-corrected chi connectivity index (χ3v) is 2.98. The van der Waals surface area contributed by atoms with Gasteiger partial charge in [-0.2, -0.15) is 11.8 Å². The van der Waals surface area contributed by atoms with Crippen molar-refractivity contribution in [1.29, 1.82) is 0 Å². The lowest BCUT2D eigenvalue weighted by atomic mass is 10.2. The molecule has 0 saturated heterocycles. The van der Waals surface area contributed by atoms with Crippen LogP contribution in [0.2, 0.25) is 0 Å². The lowest BCUT2D eigenvalue weighted by Crippen LogP contribution is -2.41. The van der Waals surface area contributed by atoms with Gasteiger partial charge in [0, 0.05) is 20.2 Å². The normalized spacial score (nSPS) is 11.9. The molecule has 3 N–H and O–H groups in total. The van der Waals surface area contributed by atoms with Crippen molar-refractivity contribution < 1.29 is 19.4 Å². The number of methoxy groups -OCH3 is 1. The van der Waals surface area contributed by atoms with Gasteiger partial charge in [0.25, 0.3) is 0 Å². The van der Waals surface area contributed by atoms with Gasteiger partial charge in [0.1, 0.15) is 0 Å². The highest BCUT2D eigenvalue weighted by Gasteiger charge is 2.13. The lowest BCUT2D eigenvalue weighted by Gasteiger charge is -2.14. The second kappa shape index (κ2) is 11.2. The number of nitrogens with one attached hydrogen (secondary N) is 2. The highest BCUT2D eigenvalue weighted by Crippen LogP contribution is 1.98. The highest BCUT2D eigenvalue weighted by atomic mass is 32.2. The van der Waals surface area contributed by atoms with Crippen LogP contribution in [0.25, 0.3) is 0 Å². The molecule has 0 saturated carbocycles. The Bertz CT molecular complexity index is 251. The number of amides is 2. The monoisotopic (exact) mass is 278 g/mol. The van der Waals surface area contributed by atoms with Gasteiger partial charge in [-0.05, 0) is 24.9 Å². The molecule has 6 nitrogen and oxygen atoms in total. The Morgan fingerprint density at radius 1 is 1.33 bits per heavy atom. The maximum atomic E-state index is 11.4. The van der Waals surface area contributed by atoms with Crippen LogP contribution in [-0.4, -0.2) is 55.4 Å². The van der Waals surface area contributed by atoms with E-state index >= 15 is 0 Å². The summed E-state index contributed by atoms with van der Waals surface area (Å²) in [5.41, 5.74) is 0. The predicted octanol–water partition coefficient (Wildman–Crippen LogP) is 0.918. The summed E-state index contributed by atoms with van der Waals surface area (Å²) < 4.78 is 4.94. The molecular formula is C11H22N2O4S. The van der Waals surface area contributed by atoms with E-state index in [9.17, 15) is 9.59 Å². The van der Waals surface area contributed by atoms with E-state index in [0.717, 1.165) is 18.6 Å². The number of aliphatic carboxylic acids is 1. The Kier molecular flexibility index (Phi) is 10.6. The molecule has 0 rings (SSSR count). The zero-order valence-electron chi connectivity index (χ0n) is 10.9. The van der Waals surface area contributed by atoms with Crippen molar-refractivity contribution in [3.8, 4) is 0 Å². The van der Waals surface area contributed by atoms with Crippen LogP contribution in [0.3, 0.4) is 0 Å². The molecule has 2 amide bonds. The summed E-state index contributed by atoms with van der Waals surface area (Å²) in [6.07, 6.45) is 3.45. The van der Waals surface area contributed by atoms with E-state index in [0.29, 0.717) is 6.54 Å². The molecule has 0 radical (unpaired) electrons. The molecule has 0 aliphatic carbocycles. The summed E-state index contributed by atoms with van der Waals surface area (Å²) in [5.74, 6) is 0.148. The van der Waals surface area contributed by atoms with Gasteiger partial charge in [-0.15, -0.1) is 0 Å². The van der Waals surface area contributed by atoms with E-state index in [1.54, 1.807) is 11.8 Å². The Morgan fingerprint density at radius 2 is 2.06 bits per heavy atom. The summed E-state index contributed by atoms with van der Waals surface area (Å²) in [6, 6.07) is -0.286. The Morgan fingerprint density at radius 3 is 2.61 bits per heavy atom. The van der Waals surface area contributed by atoms with Gasteiger partial charge in [-0.3, -0.25) is 4.79 Å². The third kappa shape index (κ3) is 10.2. The Balaban J connectivity index is 3.58. The molecule has 1 unspecified atom stereocenters. The van der Waals surface area contributed by atoms with E-state index in [1.807, 2.05) is 6.26 Å². The van der Waals surface area contributed by atoms with Crippen molar-refractivity contribution >= 4 is 23.8 Å². The van der Waals surface area contributed by atoms with Crippen LogP contribution in [0.4, 0.5) is 4.79 Å². The van der Waals surface area contributed by atoms with Crippen molar-refractivity contribution in [3.63, 3.8) is 0 Å². The summed E-state index contributed by atoms with van der Waals surface area (Å²) in [5, 5.41) is 13.9. The van der Waals surface area contributed by atoms with Crippen molar-refractivity contribution in [2.45, 2.75) is 25.4 Å². The van der Waals surface area contributed by atoms with Gasteiger partial charge in [-0.1, -0.05) is 0 Å². The minimum absolute atomic E-state index is 0.121. The number of carbonyl (C=O) groups is 2. The van der Waals surface area contributed by atoms with Crippen LogP contribution in [0.1, 0.15) is 19.3 Å². The summed E-state index contributed by atoms with van der Waals surface area (Å²) in [6.45, 7) is 0.822. The van der Waals surface area contributed by atoms with E-state index in [2.05, 4.69) is 10.6 Å². The predicted molar refractivity (Wildman–Crippen MR) is 72.1 cm³/mol. The van der Waals surface area contributed by atoms with Crippen molar-refractivity contribution in [2.75, 3.05) is 32.2 Å². The molecule has 0 heterocycles. The second-order valence-corrected chi connectivity index (χ2v) is 4.78. The minimum Gasteiger partial charge on any atom is -0.481 e.